The second-order valence-electron chi connectivity index (χ2n) is 6.76. The van der Waals surface area contributed by atoms with Crippen LogP contribution in [0.15, 0.2) is 29.3 Å². The van der Waals surface area contributed by atoms with Crippen LogP contribution in [0.3, 0.4) is 0 Å². The van der Waals surface area contributed by atoms with Gasteiger partial charge in [0, 0.05) is 34.8 Å². The van der Waals surface area contributed by atoms with Crippen molar-refractivity contribution in [3.8, 4) is 11.5 Å². The van der Waals surface area contributed by atoms with Gasteiger partial charge in [0.1, 0.15) is 11.3 Å². The van der Waals surface area contributed by atoms with Gasteiger partial charge in [-0.15, -0.1) is 0 Å². The number of rotatable bonds is 1. The fourth-order valence-electron chi connectivity index (χ4n) is 3.70. The van der Waals surface area contributed by atoms with Gasteiger partial charge in [0.15, 0.2) is 5.75 Å². The third kappa shape index (κ3) is 2.08. The summed E-state index contributed by atoms with van der Waals surface area (Å²) in [5.74, 6) is 0.321. The molecule has 1 unspecified atom stereocenters. The Morgan fingerprint density at radius 1 is 1.16 bits per heavy atom. The Bertz CT molecular complexity index is 926. The summed E-state index contributed by atoms with van der Waals surface area (Å²) in [5.41, 5.74) is 13.8. The predicted molar refractivity (Wildman–Crippen MR) is 90.1 cm³/mol. The van der Waals surface area contributed by atoms with Gasteiger partial charge in [-0.3, -0.25) is 0 Å². The molecule has 7 heteroatoms. The second kappa shape index (κ2) is 4.84. The van der Waals surface area contributed by atoms with E-state index in [1.807, 2.05) is 12.1 Å². The van der Waals surface area contributed by atoms with Crippen LogP contribution in [0, 0.1) is 5.95 Å². The summed E-state index contributed by atoms with van der Waals surface area (Å²) in [4.78, 5) is 8.71. The van der Waals surface area contributed by atoms with Crippen LogP contribution in [0.2, 0.25) is 0 Å². The second-order valence-corrected chi connectivity index (χ2v) is 6.76. The lowest BCUT2D eigenvalue weighted by Crippen LogP contribution is -2.39. The zero-order chi connectivity index (χ0) is 17.2. The highest BCUT2D eigenvalue weighted by atomic mass is 19.1. The minimum atomic E-state index is -0.867. The number of aliphatic imine (C=N–C) groups is 1. The van der Waals surface area contributed by atoms with Gasteiger partial charge in [-0.25, -0.2) is 9.98 Å². The Kier molecular flexibility index (Phi) is 2.81. The first-order valence-electron chi connectivity index (χ1n) is 8.34. The fourth-order valence-corrected chi connectivity index (χ4v) is 3.70. The topological polar surface area (TPSA) is 95.8 Å². The number of ether oxygens (including phenoxy) is 2. The first-order chi connectivity index (χ1) is 12.1. The van der Waals surface area contributed by atoms with Gasteiger partial charge in [-0.05, 0) is 37.1 Å². The van der Waals surface area contributed by atoms with E-state index in [2.05, 4.69) is 9.98 Å². The third-order valence-electron chi connectivity index (χ3n) is 5.07. The minimum absolute atomic E-state index is 0.0812. The normalized spacial score (nSPS) is 24.0. The molecule has 0 amide bonds. The molecule has 1 saturated carbocycles. The molecular weight excluding hydrogens is 323 g/mol. The van der Waals surface area contributed by atoms with Crippen molar-refractivity contribution in [1.29, 1.82) is 0 Å². The Balaban J connectivity index is 1.82. The smallest absolute Gasteiger partial charge is 0.283 e. The zero-order valence-corrected chi connectivity index (χ0v) is 13.5. The zero-order valence-electron chi connectivity index (χ0n) is 13.5. The van der Waals surface area contributed by atoms with Crippen LogP contribution in [0.4, 0.5) is 10.1 Å². The van der Waals surface area contributed by atoms with E-state index in [4.69, 9.17) is 20.9 Å². The van der Waals surface area contributed by atoms with Crippen LogP contribution in [-0.4, -0.2) is 17.6 Å². The maximum atomic E-state index is 14.8. The summed E-state index contributed by atoms with van der Waals surface area (Å²) in [5, 5.41) is 0. The van der Waals surface area contributed by atoms with Crippen molar-refractivity contribution in [3.05, 3.63) is 47.0 Å². The summed E-state index contributed by atoms with van der Waals surface area (Å²) in [6, 6.07) is 7.25. The summed E-state index contributed by atoms with van der Waals surface area (Å²) >= 11 is 0. The largest absolute Gasteiger partial charge is 0.465 e. The van der Waals surface area contributed by atoms with Crippen LogP contribution >= 0.6 is 0 Å². The Labute approximate surface area is 143 Å². The minimum Gasteiger partial charge on any atom is -0.465 e. The standard InChI is InChI=1S/C18H17FN4O2/c19-16-15-12(8-13(22-16)9-1-2-9)18(5-6-24-17(21)23-18)11-7-10(20)3-4-14(11)25-15/h3-4,7-9H,1-2,5-6,20H2,(H2,21,23). The van der Waals surface area contributed by atoms with E-state index < -0.39 is 11.5 Å². The quantitative estimate of drug-likeness (QED) is 0.615. The molecule has 4 N–H and O–H groups in total. The molecule has 0 saturated heterocycles. The molecule has 1 atom stereocenters. The van der Waals surface area contributed by atoms with Gasteiger partial charge in [-0.1, -0.05) is 0 Å². The number of hydrogen-bond acceptors (Lipinski definition) is 6. The van der Waals surface area contributed by atoms with Gasteiger partial charge in [0.2, 0.25) is 0 Å². The molecule has 1 aliphatic carbocycles. The highest BCUT2D eigenvalue weighted by Gasteiger charge is 2.46. The number of hydrogen-bond donors (Lipinski definition) is 2. The Morgan fingerprint density at radius 2 is 2.00 bits per heavy atom. The highest BCUT2D eigenvalue weighted by molar-refractivity contribution is 5.75. The molecule has 1 aromatic carbocycles. The van der Waals surface area contributed by atoms with Gasteiger partial charge in [-0.2, -0.15) is 4.39 Å². The number of nitrogens with two attached hydrogens (primary N) is 2. The SMILES string of the molecule is NC1=NC2(CCO1)c1cc(N)ccc1Oc1c2cc(C2CC2)nc1F. The van der Waals surface area contributed by atoms with Gasteiger partial charge >= 0.3 is 0 Å². The van der Waals surface area contributed by atoms with E-state index in [-0.39, 0.29) is 11.8 Å². The molecule has 1 aromatic heterocycles. The summed E-state index contributed by atoms with van der Waals surface area (Å²) in [6.07, 6.45) is 2.57. The molecule has 0 bridgehead atoms. The maximum Gasteiger partial charge on any atom is 0.283 e. The van der Waals surface area contributed by atoms with Crippen molar-refractivity contribution in [1.82, 2.24) is 4.98 Å². The van der Waals surface area contributed by atoms with Crippen molar-refractivity contribution in [2.75, 3.05) is 12.3 Å². The van der Waals surface area contributed by atoms with Crippen LogP contribution in [0.25, 0.3) is 0 Å². The van der Waals surface area contributed by atoms with Gasteiger partial charge < -0.3 is 20.9 Å². The Morgan fingerprint density at radius 3 is 2.76 bits per heavy atom. The van der Waals surface area contributed by atoms with E-state index in [1.54, 1.807) is 12.1 Å². The van der Waals surface area contributed by atoms with Crippen molar-refractivity contribution in [2.24, 2.45) is 10.7 Å². The van der Waals surface area contributed by atoms with E-state index in [9.17, 15) is 4.39 Å². The van der Waals surface area contributed by atoms with Crippen LogP contribution in [-0.2, 0) is 10.3 Å². The number of aromatic nitrogens is 1. The van der Waals surface area contributed by atoms with Gasteiger partial charge in [0.05, 0.1) is 6.61 Å². The monoisotopic (exact) mass is 340 g/mol. The number of pyridine rings is 1. The number of halogens is 1. The first kappa shape index (κ1) is 14.5. The molecule has 6 nitrogen and oxygen atoms in total. The molecule has 2 aliphatic heterocycles. The molecule has 3 aliphatic rings. The summed E-state index contributed by atoms with van der Waals surface area (Å²) in [7, 11) is 0. The number of anilines is 1. The molecule has 5 rings (SSSR count). The van der Waals surface area contributed by atoms with E-state index in [0.717, 1.165) is 24.1 Å². The molecule has 3 heterocycles. The summed E-state index contributed by atoms with van der Waals surface area (Å²) < 4.78 is 25.9. The predicted octanol–water partition coefficient (Wildman–Crippen LogP) is 2.76. The number of benzene rings is 1. The molecular formula is C18H17FN4O2. The van der Waals surface area contributed by atoms with Crippen LogP contribution < -0.4 is 16.2 Å². The van der Waals surface area contributed by atoms with E-state index >= 15 is 0 Å². The number of nitrogens with zero attached hydrogens (tertiary/aromatic N) is 2. The average molecular weight is 340 g/mol. The van der Waals surface area contributed by atoms with Crippen molar-refractivity contribution in [2.45, 2.75) is 30.7 Å². The highest BCUT2D eigenvalue weighted by Crippen LogP contribution is 2.54. The lowest BCUT2D eigenvalue weighted by atomic mass is 9.77. The van der Waals surface area contributed by atoms with Crippen molar-refractivity contribution < 1.29 is 13.9 Å². The fraction of sp³-hybridized carbons (Fsp3) is 0.333. The van der Waals surface area contributed by atoms with Crippen molar-refractivity contribution in [3.63, 3.8) is 0 Å². The number of amidine groups is 1. The van der Waals surface area contributed by atoms with Crippen molar-refractivity contribution >= 4 is 11.7 Å². The average Bonchev–Trinajstić information content (AvgIpc) is 3.42. The Hall–Kier alpha value is -2.83. The maximum absolute atomic E-state index is 14.8. The molecule has 25 heavy (non-hydrogen) atoms. The van der Waals surface area contributed by atoms with Gasteiger partial charge in [0.25, 0.3) is 12.0 Å². The number of fused-ring (bicyclic) bond motifs is 4. The third-order valence-corrected chi connectivity index (χ3v) is 5.07. The molecule has 1 spiro atoms. The molecule has 2 aromatic rings. The molecule has 0 radical (unpaired) electrons. The van der Waals surface area contributed by atoms with E-state index in [0.29, 0.717) is 35.9 Å². The van der Waals surface area contributed by atoms with Crippen LogP contribution in [0.1, 0.15) is 42.0 Å². The molecule has 128 valence electrons. The lowest BCUT2D eigenvalue weighted by molar-refractivity contribution is 0.217. The first-order valence-corrected chi connectivity index (χ1v) is 8.34. The van der Waals surface area contributed by atoms with Crippen LogP contribution in [0.5, 0.6) is 11.5 Å². The lowest BCUT2D eigenvalue weighted by Gasteiger charge is -2.39. The molecule has 1 fully saturated rings. The number of nitrogen functional groups attached to an aromatic ring is 1. The summed E-state index contributed by atoms with van der Waals surface area (Å²) in [6.45, 7) is 0.381. The van der Waals surface area contributed by atoms with E-state index in [1.165, 1.54) is 0 Å².